The lowest BCUT2D eigenvalue weighted by Crippen LogP contribution is -1.99. The van der Waals surface area contributed by atoms with Crippen molar-refractivity contribution in [3.8, 4) is 0 Å². The largest absolute Gasteiger partial charge is 0.469 e. The highest BCUT2D eigenvalue weighted by Gasteiger charge is 1.98. The Labute approximate surface area is 80.4 Å². The van der Waals surface area contributed by atoms with Gasteiger partial charge in [-0.25, -0.2) is 0 Å². The van der Waals surface area contributed by atoms with Crippen molar-refractivity contribution in [3.63, 3.8) is 0 Å². The van der Waals surface area contributed by atoms with E-state index in [-0.39, 0.29) is 5.97 Å². The molecule has 0 bridgehead atoms. The van der Waals surface area contributed by atoms with Gasteiger partial charge in [-0.1, -0.05) is 12.8 Å². The standard InChI is InChI=1S/C10H20O3/c1-3-13-9-7-5-4-6-8-10(11)12-2/h3-9H2,1-2H3. The van der Waals surface area contributed by atoms with Crippen molar-refractivity contribution in [1.29, 1.82) is 0 Å². The monoisotopic (exact) mass is 188 g/mol. The van der Waals surface area contributed by atoms with E-state index in [1.165, 1.54) is 7.11 Å². The molecule has 0 aromatic rings. The Morgan fingerprint density at radius 1 is 1.15 bits per heavy atom. The average molecular weight is 188 g/mol. The maximum Gasteiger partial charge on any atom is 0.305 e. The summed E-state index contributed by atoms with van der Waals surface area (Å²) in [4.78, 5) is 10.7. The number of unbranched alkanes of at least 4 members (excludes halogenated alkanes) is 3. The number of hydrogen-bond donors (Lipinski definition) is 0. The van der Waals surface area contributed by atoms with Crippen LogP contribution in [0.3, 0.4) is 0 Å². The molecule has 0 heterocycles. The lowest BCUT2D eigenvalue weighted by molar-refractivity contribution is -0.140. The summed E-state index contributed by atoms with van der Waals surface area (Å²) in [6, 6.07) is 0. The molecule has 0 fully saturated rings. The summed E-state index contributed by atoms with van der Waals surface area (Å²) in [5.41, 5.74) is 0. The molecule has 3 nitrogen and oxygen atoms in total. The first-order valence-corrected chi connectivity index (χ1v) is 4.95. The van der Waals surface area contributed by atoms with Gasteiger partial charge < -0.3 is 9.47 Å². The van der Waals surface area contributed by atoms with E-state index in [0.717, 1.165) is 38.9 Å². The van der Waals surface area contributed by atoms with Gasteiger partial charge in [-0.3, -0.25) is 4.79 Å². The van der Waals surface area contributed by atoms with Crippen LogP contribution in [0.2, 0.25) is 0 Å². The smallest absolute Gasteiger partial charge is 0.305 e. The summed E-state index contributed by atoms with van der Waals surface area (Å²) in [7, 11) is 1.43. The Morgan fingerprint density at radius 3 is 2.46 bits per heavy atom. The molecule has 0 aliphatic heterocycles. The fourth-order valence-electron chi connectivity index (χ4n) is 1.07. The van der Waals surface area contributed by atoms with Crippen LogP contribution >= 0.6 is 0 Å². The lowest BCUT2D eigenvalue weighted by atomic mass is 10.1. The third-order valence-corrected chi connectivity index (χ3v) is 1.85. The second-order valence-corrected chi connectivity index (χ2v) is 2.94. The van der Waals surface area contributed by atoms with E-state index < -0.39 is 0 Å². The number of hydrogen-bond acceptors (Lipinski definition) is 3. The van der Waals surface area contributed by atoms with Crippen molar-refractivity contribution >= 4 is 5.97 Å². The molecule has 3 heteroatoms. The van der Waals surface area contributed by atoms with E-state index in [1.54, 1.807) is 0 Å². The van der Waals surface area contributed by atoms with Crippen molar-refractivity contribution in [3.05, 3.63) is 0 Å². The molecule has 0 aromatic carbocycles. The topological polar surface area (TPSA) is 35.5 Å². The van der Waals surface area contributed by atoms with Crippen LogP contribution in [0.15, 0.2) is 0 Å². The summed E-state index contributed by atoms with van der Waals surface area (Å²) in [5.74, 6) is -0.107. The second kappa shape index (κ2) is 9.52. The van der Waals surface area contributed by atoms with Gasteiger partial charge in [0.05, 0.1) is 7.11 Å². The van der Waals surface area contributed by atoms with Crippen LogP contribution in [0.1, 0.15) is 39.0 Å². The molecule has 78 valence electrons. The number of ether oxygens (including phenoxy) is 2. The van der Waals surface area contributed by atoms with Gasteiger partial charge in [-0.15, -0.1) is 0 Å². The van der Waals surface area contributed by atoms with Gasteiger partial charge in [0.15, 0.2) is 0 Å². The van der Waals surface area contributed by atoms with E-state index >= 15 is 0 Å². The molecule has 0 aromatic heterocycles. The van der Waals surface area contributed by atoms with E-state index in [0.29, 0.717) is 6.42 Å². The molecule has 0 radical (unpaired) electrons. The second-order valence-electron chi connectivity index (χ2n) is 2.94. The number of methoxy groups -OCH3 is 1. The van der Waals surface area contributed by atoms with Gasteiger partial charge in [0, 0.05) is 19.6 Å². The van der Waals surface area contributed by atoms with Crippen LogP contribution < -0.4 is 0 Å². The minimum absolute atomic E-state index is 0.107. The van der Waals surface area contributed by atoms with Gasteiger partial charge in [0.2, 0.25) is 0 Å². The fraction of sp³-hybridized carbons (Fsp3) is 0.900. The van der Waals surface area contributed by atoms with Crippen LogP contribution in [0, 0.1) is 0 Å². The SMILES string of the molecule is CCOCCCCCCC(=O)OC. The molecular weight excluding hydrogens is 168 g/mol. The highest BCUT2D eigenvalue weighted by atomic mass is 16.5. The molecule has 0 saturated carbocycles. The zero-order valence-electron chi connectivity index (χ0n) is 8.67. The van der Waals surface area contributed by atoms with Crippen LogP contribution in [0.5, 0.6) is 0 Å². The molecule has 0 N–H and O–H groups in total. The minimum atomic E-state index is -0.107. The number of esters is 1. The molecule has 0 saturated heterocycles. The first-order valence-electron chi connectivity index (χ1n) is 4.95. The normalized spacial score (nSPS) is 10.0. The highest BCUT2D eigenvalue weighted by Crippen LogP contribution is 2.03. The number of rotatable bonds is 8. The molecule has 0 aliphatic rings. The van der Waals surface area contributed by atoms with Crippen molar-refractivity contribution < 1.29 is 14.3 Å². The summed E-state index contributed by atoms with van der Waals surface area (Å²) in [5, 5.41) is 0. The summed E-state index contributed by atoms with van der Waals surface area (Å²) < 4.78 is 9.72. The minimum Gasteiger partial charge on any atom is -0.469 e. The van der Waals surface area contributed by atoms with Gasteiger partial charge in [-0.05, 0) is 19.8 Å². The highest BCUT2D eigenvalue weighted by molar-refractivity contribution is 5.68. The maximum atomic E-state index is 10.7. The van der Waals surface area contributed by atoms with Gasteiger partial charge in [0.25, 0.3) is 0 Å². The van der Waals surface area contributed by atoms with Crippen molar-refractivity contribution in [2.75, 3.05) is 20.3 Å². The summed E-state index contributed by atoms with van der Waals surface area (Å²) in [6.07, 6.45) is 4.79. The molecule has 0 amide bonds. The van der Waals surface area contributed by atoms with Crippen LogP contribution in [-0.2, 0) is 14.3 Å². The van der Waals surface area contributed by atoms with Crippen LogP contribution in [0.4, 0.5) is 0 Å². The molecular formula is C10H20O3. The molecule has 0 spiro atoms. The Morgan fingerprint density at radius 2 is 1.85 bits per heavy atom. The zero-order valence-corrected chi connectivity index (χ0v) is 8.67. The van der Waals surface area contributed by atoms with Crippen LogP contribution in [-0.4, -0.2) is 26.3 Å². The Kier molecular flexibility index (Phi) is 9.10. The lowest BCUT2D eigenvalue weighted by Gasteiger charge is -2.01. The van der Waals surface area contributed by atoms with Gasteiger partial charge >= 0.3 is 5.97 Å². The van der Waals surface area contributed by atoms with Gasteiger partial charge in [-0.2, -0.15) is 0 Å². The molecule has 13 heavy (non-hydrogen) atoms. The van der Waals surface area contributed by atoms with E-state index in [2.05, 4.69) is 4.74 Å². The zero-order chi connectivity index (χ0) is 9.94. The van der Waals surface area contributed by atoms with Gasteiger partial charge in [0.1, 0.15) is 0 Å². The molecule has 0 unspecified atom stereocenters. The molecule has 0 aliphatic carbocycles. The van der Waals surface area contributed by atoms with Crippen molar-refractivity contribution in [2.45, 2.75) is 39.0 Å². The number of carbonyl (C=O) groups is 1. The van der Waals surface area contributed by atoms with Crippen molar-refractivity contribution in [1.82, 2.24) is 0 Å². The fourth-order valence-corrected chi connectivity index (χ4v) is 1.07. The third-order valence-electron chi connectivity index (χ3n) is 1.85. The van der Waals surface area contributed by atoms with Crippen LogP contribution in [0.25, 0.3) is 0 Å². The summed E-state index contributed by atoms with van der Waals surface area (Å²) in [6.45, 7) is 3.63. The maximum absolute atomic E-state index is 10.7. The molecule has 0 atom stereocenters. The quantitative estimate of drug-likeness (QED) is 0.432. The first kappa shape index (κ1) is 12.4. The Balaban J connectivity index is 2.95. The average Bonchev–Trinajstić information content (AvgIpc) is 2.16. The van der Waals surface area contributed by atoms with Crippen molar-refractivity contribution in [2.24, 2.45) is 0 Å². The predicted octanol–water partition coefficient (Wildman–Crippen LogP) is 2.15. The Hall–Kier alpha value is -0.570. The third kappa shape index (κ3) is 9.34. The number of carbonyl (C=O) groups excluding carboxylic acids is 1. The van der Waals surface area contributed by atoms with E-state index in [9.17, 15) is 4.79 Å². The predicted molar refractivity (Wildman–Crippen MR) is 51.6 cm³/mol. The first-order chi connectivity index (χ1) is 6.31. The van der Waals surface area contributed by atoms with E-state index in [1.807, 2.05) is 6.92 Å². The molecule has 0 rings (SSSR count). The van der Waals surface area contributed by atoms with E-state index in [4.69, 9.17) is 4.74 Å². The Bertz CT molecular complexity index is 123. The summed E-state index contributed by atoms with van der Waals surface area (Å²) >= 11 is 0.